The van der Waals surface area contributed by atoms with E-state index in [1.165, 1.54) is 0 Å². The minimum Gasteiger partial charge on any atom is -0.289 e. The third kappa shape index (κ3) is 14.5. The smallest absolute Gasteiger partial charge is 0.289 e. The third-order valence-electron chi connectivity index (χ3n) is 1.27. The summed E-state index contributed by atoms with van der Waals surface area (Å²) in [5, 5.41) is 22.0. The zero-order valence-electron chi connectivity index (χ0n) is 8.94. The van der Waals surface area contributed by atoms with E-state index >= 15 is 0 Å². The van der Waals surface area contributed by atoms with Gasteiger partial charge in [0.15, 0.2) is 24.6 Å². The Bertz CT molecular complexity index is 281. The molecule has 0 unspecified atom stereocenters. The van der Waals surface area contributed by atoms with Gasteiger partial charge in [0, 0.05) is 5.92 Å². The maximum absolute atomic E-state index is 10.4. The van der Waals surface area contributed by atoms with Crippen LogP contribution in [0.2, 0.25) is 0 Å². The lowest BCUT2D eigenvalue weighted by Gasteiger charge is -2.13. The van der Waals surface area contributed by atoms with Gasteiger partial charge >= 0.3 is 10.4 Å². The zero-order valence-corrected chi connectivity index (χ0v) is 11.4. The predicted molar refractivity (Wildman–Crippen MR) is 57.7 cm³/mol. The van der Waals surface area contributed by atoms with E-state index in [0.717, 1.165) is 0 Å². The van der Waals surface area contributed by atoms with Crippen molar-refractivity contribution in [1.29, 1.82) is 0 Å². The van der Waals surface area contributed by atoms with Gasteiger partial charge in [-0.15, -0.1) is 8.67 Å². The highest BCUT2D eigenvalue weighted by molar-refractivity contribution is 7.89. The first-order valence-corrected chi connectivity index (χ1v) is 6.84. The highest BCUT2D eigenvalue weighted by Gasteiger charge is 2.16. The van der Waals surface area contributed by atoms with Crippen LogP contribution in [-0.2, 0) is 41.7 Å². The van der Waals surface area contributed by atoms with Crippen LogP contribution < -0.4 is 0 Å². The average Bonchev–Trinajstić information content (AvgIpc) is 2.34. The Morgan fingerprint density at radius 3 is 1.79 bits per heavy atom. The zero-order chi connectivity index (χ0) is 14.6. The maximum Gasteiger partial charge on any atom is 0.397 e. The van der Waals surface area contributed by atoms with Gasteiger partial charge in [-0.25, -0.2) is 14.7 Å². The Balaban J connectivity index is 3.92. The summed E-state index contributed by atoms with van der Waals surface area (Å²) in [6.07, 6.45) is 0. The molecule has 0 heterocycles. The van der Waals surface area contributed by atoms with Crippen molar-refractivity contribution < 1.29 is 54.8 Å². The summed E-state index contributed by atoms with van der Waals surface area (Å²) in [5.74, 6) is -0.675. The van der Waals surface area contributed by atoms with Crippen LogP contribution >= 0.6 is 24.6 Å². The van der Waals surface area contributed by atoms with Crippen LogP contribution in [0.3, 0.4) is 0 Å². The van der Waals surface area contributed by atoms with E-state index in [1.54, 1.807) is 0 Å². The predicted octanol–water partition coefficient (Wildman–Crippen LogP) is 0.424. The molecule has 12 nitrogen and oxygen atoms in total. The molecule has 0 aromatic carbocycles. The monoisotopic (exact) mass is 346 g/mol. The molecule has 0 radical (unpaired) electrons. The van der Waals surface area contributed by atoms with Crippen molar-refractivity contribution in [1.82, 2.24) is 0 Å². The van der Waals surface area contributed by atoms with Crippen LogP contribution in [0.25, 0.3) is 0 Å². The summed E-state index contributed by atoms with van der Waals surface area (Å²) in [5.41, 5.74) is 0. The Hall–Kier alpha value is 0.250. The number of rotatable bonds is 13. The van der Waals surface area contributed by atoms with Gasteiger partial charge in [0.05, 0.1) is 19.8 Å². The molecule has 0 atom stereocenters. The average molecular weight is 346 g/mol. The summed E-state index contributed by atoms with van der Waals surface area (Å²) < 4.78 is 50.4. The SMILES string of the molecule is O=S(=O)(O)OCC(COSOOO)COSOOO. The number of hydrogen-bond acceptors (Lipinski definition) is 13. The van der Waals surface area contributed by atoms with E-state index in [2.05, 4.69) is 22.9 Å². The molecule has 0 saturated carbocycles. The highest BCUT2D eigenvalue weighted by atomic mass is 32.3. The molecule has 0 amide bonds. The minimum atomic E-state index is -4.61. The Morgan fingerprint density at radius 2 is 1.42 bits per heavy atom. The lowest BCUT2D eigenvalue weighted by Crippen LogP contribution is -2.21. The molecular weight excluding hydrogens is 336 g/mol. The van der Waals surface area contributed by atoms with Crippen LogP contribution in [0.4, 0.5) is 0 Å². The molecule has 3 N–H and O–H groups in total. The lowest BCUT2D eigenvalue weighted by molar-refractivity contribution is -0.434. The van der Waals surface area contributed by atoms with Crippen LogP contribution in [0, 0.1) is 5.92 Å². The maximum atomic E-state index is 10.4. The molecule has 0 aromatic rings. The van der Waals surface area contributed by atoms with E-state index in [-0.39, 0.29) is 37.9 Å². The topological polar surface area (TPSA) is 159 Å². The van der Waals surface area contributed by atoms with Crippen LogP contribution in [-0.4, -0.2) is 43.3 Å². The largest absolute Gasteiger partial charge is 0.397 e. The third-order valence-corrected chi connectivity index (χ3v) is 2.40. The molecule has 0 spiro atoms. The van der Waals surface area contributed by atoms with E-state index in [0.29, 0.717) is 0 Å². The van der Waals surface area contributed by atoms with E-state index in [1.807, 2.05) is 0 Å². The molecule has 0 fully saturated rings. The highest BCUT2D eigenvalue weighted by Crippen LogP contribution is 2.13. The second-order valence-corrected chi connectivity index (χ2v) is 4.68. The second-order valence-electron chi connectivity index (χ2n) is 2.57. The fourth-order valence-corrected chi connectivity index (χ4v) is 1.63. The fourth-order valence-electron chi connectivity index (χ4n) is 0.639. The molecule has 0 rings (SSSR count). The molecule has 0 saturated heterocycles. The molecule has 0 aromatic heterocycles. The standard InChI is InChI=1S/C4H10O12S3/c5-13-15-17-10-1-4(2-11-18-16-14-6)3-12-19(7,8)9/h4-6H,1-3H2,(H,7,8,9). The first-order valence-electron chi connectivity index (χ1n) is 4.14. The summed E-state index contributed by atoms with van der Waals surface area (Å²) in [6.45, 7) is -0.798. The Kier molecular flexibility index (Phi) is 12.2. The van der Waals surface area contributed by atoms with Gasteiger partial charge in [0.25, 0.3) is 0 Å². The molecule has 116 valence electrons. The van der Waals surface area contributed by atoms with Gasteiger partial charge in [-0.3, -0.25) is 12.9 Å². The quantitative estimate of drug-likeness (QED) is 0.138. The van der Waals surface area contributed by atoms with Gasteiger partial charge in [-0.2, -0.15) is 8.42 Å². The van der Waals surface area contributed by atoms with E-state index < -0.39 is 22.9 Å². The van der Waals surface area contributed by atoms with Crippen molar-refractivity contribution >= 4 is 35.0 Å². The van der Waals surface area contributed by atoms with Crippen molar-refractivity contribution in [3.63, 3.8) is 0 Å². The van der Waals surface area contributed by atoms with Crippen LogP contribution in [0.1, 0.15) is 0 Å². The summed E-state index contributed by atoms with van der Waals surface area (Å²) in [4.78, 5) is 0. The van der Waals surface area contributed by atoms with Gasteiger partial charge < -0.3 is 0 Å². The molecule has 0 bridgehead atoms. The van der Waals surface area contributed by atoms with Gasteiger partial charge in [0.2, 0.25) is 0 Å². The van der Waals surface area contributed by atoms with Gasteiger partial charge in [0.1, 0.15) is 0 Å². The Labute approximate surface area is 116 Å². The van der Waals surface area contributed by atoms with Gasteiger partial charge in [-0.05, 0) is 0 Å². The molecule has 15 heteroatoms. The minimum absolute atomic E-state index is 0.163. The summed E-state index contributed by atoms with van der Waals surface area (Å²) in [7, 11) is -4.61. The lowest BCUT2D eigenvalue weighted by atomic mass is 10.2. The first kappa shape index (κ1) is 19.2. The molecule has 0 aliphatic carbocycles. The van der Waals surface area contributed by atoms with Crippen LogP contribution in [0.5, 0.6) is 0 Å². The molecule has 0 aliphatic rings. The van der Waals surface area contributed by atoms with E-state index in [9.17, 15) is 8.42 Å². The number of hydrogen-bond donors (Lipinski definition) is 3. The molecular formula is C4H10O12S3. The fraction of sp³-hybridized carbons (Fsp3) is 1.00. The van der Waals surface area contributed by atoms with Crippen molar-refractivity contribution in [3.8, 4) is 0 Å². The molecule has 0 aliphatic heterocycles. The Morgan fingerprint density at radius 1 is 0.947 bits per heavy atom. The van der Waals surface area contributed by atoms with Crippen molar-refractivity contribution in [2.75, 3.05) is 19.8 Å². The van der Waals surface area contributed by atoms with E-state index in [4.69, 9.17) is 23.4 Å². The van der Waals surface area contributed by atoms with Crippen LogP contribution in [0.15, 0.2) is 0 Å². The normalized spacial score (nSPS) is 12.2. The van der Waals surface area contributed by atoms with Gasteiger partial charge in [-0.1, -0.05) is 10.1 Å². The van der Waals surface area contributed by atoms with Crippen molar-refractivity contribution in [2.45, 2.75) is 0 Å². The summed E-state index contributed by atoms with van der Waals surface area (Å²) >= 11 is 0.521. The second kappa shape index (κ2) is 12.0. The van der Waals surface area contributed by atoms with Crippen molar-refractivity contribution in [3.05, 3.63) is 0 Å². The summed E-state index contributed by atoms with van der Waals surface area (Å²) in [6, 6.07) is 0. The van der Waals surface area contributed by atoms with Crippen molar-refractivity contribution in [2.24, 2.45) is 5.92 Å². The molecule has 19 heavy (non-hydrogen) atoms. The first-order chi connectivity index (χ1) is 8.99.